The number of esters is 1. The average molecular weight is 416 g/mol. The lowest BCUT2D eigenvalue weighted by molar-refractivity contribution is -0.385. The van der Waals surface area contributed by atoms with E-state index in [-0.39, 0.29) is 35.1 Å². The number of ether oxygens (including phenoxy) is 3. The van der Waals surface area contributed by atoms with E-state index >= 15 is 0 Å². The van der Waals surface area contributed by atoms with Crippen molar-refractivity contribution in [1.82, 2.24) is 0 Å². The van der Waals surface area contributed by atoms with E-state index < -0.39 is 22.7 Å². The van der Waals surface area contributed by atoms with Crippen molar-refractivity contribution in [2.24, 2.45) is 10.9 Å². The zero-order valence-electron chi connectivity index (χ0n) is 17.4. The van der Waals surface area contributed by atoms with Gasteiger partial charge in [-0.15, -0.1) is 0 Å². The fourth-order valence-electron chi connectivity index (χ4n) is 4.17. The molecule has 2 atom stereocenters. The summed E-state index contributed by atoms with van der Waals surface area (Å²) < 4.78 is 15.8. The Balaban J connectivity index is 2.31. The Morgan fingerprint density at radius 3 is 2.50 bits per heavy atom. The molecule has 1 aromatic rings. The van der Waals surface area contributed by atoms with Crippen LogP contribution in [0.3, 0.4) is 0 Å². The number of hydrogen-bond donors (Lipinski definition) is 0. The number of allylic oxidation sites excluding steroid dienone is 2. The van der Waals surface area contributed by atoms with E-state index in [4.69, 9.17) is 14.2 Å². The van der Waals surface area contributed by atoms with E-state index in [1.807, 2.05) is 0 Å². The number of hydrogen-bond acceptors (Lipinski definition) is 8. The predicted octanol–water partition coefficient (Wildman–Crippen LogP) is 3.36. The van der Waals surface area contributed by atoms with Gasteiger partial charge in [-0.3, -0.25) is 24.7 Å². The van der Waals surface area contributed by atoms with Crippen molar-refractivity contribution in [3.05, 3.63) is 39.1 Å². The van der Waals surface area contributed by atoms with Gasteiger partial charge in [-0.25, -0.2) is 0 Å². The molecule has 0 aromatic heterocycles. The molecule has 30 heavy (non-hydrogen) atoms. The van der Waals surface area contributed by atoms with Gasteiger partial charge in [0.2, 0.25) is 0 Å². The summed E-state index contributed by atoms with van der Waals surface area (Å²) in [5.74, 6) is -2.10. The molecule has 1 aromatic carbocycles. The minimum absolute atomic E-state index is 0.142. The maximum Gasteiger partial charge on any atom is 0.315 e. The summed E-state index contributed by atoms with van der Waals surface area (Å²) in [6.07, 6.45) is 1.53. The monoisotopic (exact) mass is 416 g/mol. The highest BCUT2D eigenvalue weighted by Crippen LogP contribution is 2.48. The molecule has 3 rings (SSSR count). The molecule has 1 aliphatic heterocycles. The summed E-state index contributed by atoms with van der Waals surface area (Å²) in [5.41, 5.74) is 1.34. The number of carbonyl (C=O) groups excluding carboxylic acids is 2. The Morgan fingerprint density at radius 2 is 1.90 bits per heavy atom. The van der Waals surface area contributed by atoms with Crippen LogP contribution < -0.4 is 9.47 Å². The summed E-state index contributed by atoms with van der Waals surface area (Å²) in [4.78, 5) is 41.7. The van der Waals surface area contributed by atoms with Gasteiger partial charge in [0.1, 0.15) is 5.92 Å². The second-order valence-electron chi connectivity index (χ2n) is 7.12. The second-order valence-corrected chi connectivity index (χ2v) is 7.12. The lowest BCUT2D eigenvalue weighted by atomic mass is 9.71. The Morgan fingerprint density at radius 1 is 1.23 bits per heavy atom. The molecule has 0 fully saturated rings. The number of nitro groups is 1. The highest BCUT2D eigenvalue weighted by molar-refractivity contribution is 6.09. The normalized spacial score (nSPS) is 20.9. The van der Waals surface area contributed by atoms with Crippen LogP contribution in [0.5, 0.6) is 11.5 Å². The van der Waals surface area contributed by atoms with Gasteiger partial charge in [0.05, 0.1) is 31.8 Å². The number of benzene rings is 1. The predicted molar refractivity (Wildman–Crippen MR) is 108 cm³/mol. The van der Waals surface area contributed by atoms with Crippen LogP contribution in [-0.4, -0.2) is 43.2 Å². The summed E-state index contributed by atoms with van der Waals surface area (Å²) in [5, 5.41) is 11.9. The highest BCUT2D eigenvalue weighted by Gasteiger charge is 2.45. The number of rotatable bonds is 6. The van der Waals surface area contributed by atoms with E-state index in [1.54, 1.807) is 13.8 Å². The molecule has 0 N–H and O–H groups in total. The highest BCUT2D eigenvalue weighted by atomic mass is 16.6. The van der Waals surface area contributed by atoms with Crippen LogP contribution in [0.15, 0.2) is 28.4 Å². The number of carbonyl (C=O) groups is 2. The number of nitro benzene ring substituents is 1. The minimum atomic E-state index is -0.942. The average Bonchev–Trinajstić information content (AvgIpc) is 2.71. The lowest BCUT2D eigenvalue weighted by Crippen LogP contribution is -2.37. The summed E-state index contributed by atoms with van der Waals surface area (Å²) >= 11 is 0. The maximum atomic E-state index is 12.9. The van der Waals surface area contributed by atoms with E-state index in [1.165, 1.54) is 26.4 Å². The lowest BCUT2D eigenvalue weighted by Gasteiger charge is -2.34. The molecule has 1 heterocycles. The van der Waals surface area contributed by atoms with Crippen molar-refractivity contribution in [3.63, 3.8) is 0 Å². The molecule has 0 amide bonds. The Bertz CT molecular complexity index is 964. The molecule has 9 nitrogen and oxygen atoms in total. The van der Waals surface area contributed by atoms with E-state index in [0.717, 1.165) is 0 Å². The molecule has 1 unspecified atom stereocenters. The van der Waals surface area contributed by atoms with Crippen LogP contribution in [-0.2, 0) is 14.3 Å². The quantitative estimate of drug-likeness (QED) is 0.396. The number of aliphatic imine (C=N–C) groups is 1. The molecule has 1 aliphatic carbocycles. The molecule has 0 spiro atoms. The number of methoxy groups -OCH3 is 2. The van der Waals surface area contributed by atoms with Crippen molar-refractivity contribution in [3.8, 4) is 11.5 Å². The minimum Gasteiger partial charge on any atom is -0.493 e. The van der Waals surface area contributed by atoms with Gasteiger partial charge in [-0.2, -0.15) is 0 Å². The van der Waals surface area contributed by atoms with Crippen LogP contribution in [0.2, 0.25) is 0 Å². The van der Waals surface area contributed by atoms with Crippen molar-refractivity contribution >= 4 is 23.2 Å². The Kier molecular flexibility index (Phi) is 6.19. The number of ketones is 1. The van der Waals surface area contributed by atoms with Crippen LogP contribution in [0.4, 0.5) is 5.69 Å². The molecular weight excluding hydrogens is 392 g/mol. The second kappa shape index (κ2) is 8.64. The summed E-state index contributed by atoms with van der Waals surface area (Å²) in [6.45, 7) is 3.50. The third-order valence-corrected chi connectivity index (χ3v) is 5.44. The molecule has 2 aliphatic rings. The van der Waals surface area contributed by atoms with Gasteiger partial charge in [0.25, 0.3) is 5.69 Å². The van der Waals surface area contributed by atoms with Gasteiger partial charge in [-0.1, -0.05) is 0 Å². The van der Waals surface area contributed by atoms with E-state index in [9.17, 15) is 19.7 Å². The van der Waals surface area contributed by atoms with Gasteiger partial charge in [0.15, 0.2) is 17.3 Å². The summed E-state index contributed by atoms with van der Waals surface area (Å²) in [6, 6.07) is 2.73. The van der Waals surface area contributed by atoms with Crippen molar-refractivity contribution in [2.75, 3.05) is 20.8 Å². The Labute approximate surface area is 173 Å². The van der Waals surface area contributed by atoms with Gasteiger partial charge >= 0.3 is 5.97 Å². The van der Waals surface area contributed by atoms with Gasteiger partial charge < -0.3 is 14.2 Å². The van der Waals surface area contributed by atoms with Crippen LogP contribution in [0, 0.1) is 16.0 Å². The van der Waals surface area contributed by atoms with E-state index in [0.29, 0.717) is 36.2 Å². The zero-order chi connectivity index (χ0) is 22.0. The first-order valence-electron chi connectivity index (χ1n) is 9.72. The molecule has 0 bridgehead atoms. The largest absolute Gasteiger partial charge is 0.493 e. The first-order chi connectivity index (χ1) is 14.3. The molecular formula is C21H24N2O7. The maximum absolute atomic E-state index is 12.9. The third-order valence-electron chi connectivity index (χ3n) is 5.44. The zero-order valence-corrected chi connectivity index (χ0v) is 17.4. The fourth-order valence-corrected chi connectivity index (χ4v) is 4.17. The van der Waals surface area contributed by atoms with Gasteiger partial charge in [-0.05, 0) is 32.8 Å². The van der Waals surface area contributed by atoms with Crippen LogP contribution in [0.1, 0.15) is 44.6 Å². The van der Waals surface area contributed by atoms with Crippen molar-refractivity contribution in [1.29, 1.82) is 0 Å². The first-order valence-corrected chi connectivity index (χ1v) is 9.72. The van der Waals surface area contributed by atoms with E-state index in [2.05, 4.69) is 4.99 Å². The van der Waals surface area contributed by atoms with Crippen molar-refractivity contribution in [2.45, 2.75) is 39.0 Å². The molecule has 160 valence electrons. The molecule has 0 saturated heterocycles. The number of nitrogens with zero attached hydrogens (tertiary/aromatic N) is 2. The number of Topliss-reactive ketones (excluding diaryl/α,β-unsaturated/α-hetero) is 1. The smallest absolute Gasteiger partial charge is 0.315 e. The SMILES string of the molecule is CCOC(=O)C1C(C)=NC2=C(C(=O)CCC2)[C@H]1c1cc(OC)c(OC)cc1[N+](=O)[O-]. The Hall–Kier alpha value is -3.23. The molecule has 0 saturated carbocycles. The standard InChI is InChI=1S/C21H24N2O7/c1-5-30-21(25)18-11(2)22-13-7-6-8-15(24)20(13)19(18)12-9-16(28-3)17(29-4)10-14(12)23(26)27/h9-10,18-19H,5-8H2,1-4H3/t18?,19-/m0/s1. The third kappa shape index (κ3) is 3.67. The molecule has 9 heteroatoms. The topological polar surface area (TPSA) is 117 Å². The van der Waals surface area contributed by atoms with Crippen LogP contribution in [0.25, 0.3) is 0 Å². The summed E-state index contributed by atoms with van der Waals surface area (Å²) in [7, 11) is 2.80. The van der Waals surface area contributed by atoms with Crippen LogP contribution >= 0.6 is 0 Å². The van der Waals surface area contributed by atoms with Gasteiger partial charge in [0, 0.05) is 34.9 Å². The fraction of sp³-hybridized carbons (Fsp3) is 0.476. The molecule has 0 radical (unpaired) electrons. The van der Waals surface area contributed by atoms with Crippen molar-refractivity contribution < 1.29 is 28.7 Å². The first kappa shape index (κ1) is 21.5.